The number of hydrogen-bond donors (Lipinski definition) is 2. The molecular weight excluding hydrogens is 209 g/mol. The van der Waals surface area contributed by atoms with Crippen LogP contribution in [0.2, 0.25) is 0 Å². The summed E-state index contributed by atoms with van der Waals surface area (Å²) in [6.45, 7) is 3.73. The van der Waals surface area contributed by atoms with Gasteiger partial charge in [0, 0.05) is 6.04 Å². The molecule has 0 aromatic heterocycles. The molecule has 0 amide bonds. The Labute approximate surface area is 95.0 Å². The van der Waals surface area contributed by atoms with Crippen molar-refractivity contribution in [2.75, 3.05) is 6.61 Å². The van der Waals surface area contributed by atoms with E-state index in [0.717, 1.165) is 5.56 Å². The minimum atomic E-state index is -0.562. The van der Waals surface area contributed by atoms with E-state index in [0.29, 0.717) is 6.42 Å². The molecule has 1 aromatic rings. The van der Waals surface area contributed by atoms with Crippen molar-refractivity contribution in [1.82, 2.24) is 0 Å². The lowest BCUT2D eigenvalue weighted by Gasteiger charge is -2.12. The molecule has 0 aliphatic rings. The first-order chi connectivity index (χ1) is 7.54. The number of aliphatic hydroxyl groups is 1. The van der Waals surface area contributed by atoms with Crippen molar-refractivity contribution in [3.05, 3.63) is 29.6 Å². The smallest absolute Gasteiger partial charge is 0.165 e. The maximum Gasteiger partial charge on any atom is 0.165 e. The highest BCUT2D eigenvalue weighted by atomic mass is 19.1. The van der Waals surface area contributed by atoms with Gasteiger partial charge < -0.3 is 15.6 Å². The summed E-state index contributed by atoms with van der Waals surface area (Å²) in [6, 6.07) is 4.42. The van der Waals surface area contributed by atoms with E-state index >= 15 is 0 Å². The van der Waals surface area contributed by atoms with Gasteiger partial charge in [0.2, 0.25) is 0 Å². The van der Waals surface area contributed by atoms with E-state index in [1.807, 2.05) is 6.92 Å². The summed E-state index contributed by atoms with van der Waals surface area (Å²) in [5.41, 5.74) is 6.35. The fraction of sp³-hybridized carbons (Fsp3) is 0.500. The normalized spacial score (nSPS) is 14.6. The Morgan fingerprint density at radius 2 is 2.19 bits per heavy atom. The van der Waals surface area contributed by atoms with Gasteiger partial charge in [-0.15, -0.1) is 0 Å². The number of halogens is 1. The highest BCUT2D eigenvalue weighted by Crippen LogP contribution is 2.21. The first kappa shape index (κ1) is 12.9. The second-order valence-electron chi connectivity index (χ2n) is 3.85. The summed E-state index contributed by atoms with van der Waals surface area (Å²) in [5.74, 6) is -0.296. The molecule has 16 heavy (non-hydrogen) atoms. The van der Waals surface area contributed by atoms with E-state index in [1.54, 1.807) is 13.0 Å². The quantitative estimate of drug-likeness (QED) is 0.808. The molecule has 2 atom stereocenters. The Morgan fingerprint density at radius 1 is 1.50 bits per heavy atom. The zero-order valence-electron chi connectivity index (χ0n) is 9.61. The highest BCUT2D eigenvalue weighted by molar-refractivity contribution is 5.30. The van der Waals surface area contributed by atoms with Crippen LogP contribution in [0.3, 0.4) is 0 Å². The van der Waals surface area contributed by atoms with Crippen molar-refractivity contribution in [3.8, 4) is 5.75 Å². The Kier molecular flexibility index (Phi) is 4.71. The van der Waals surface area contributed by atoms with Gasteiger partial charge in [-0.1, -0.05) is 13.0 Å². The zero-order valence-corrected chi connectivity index (χ0v) is 9.61. The lowest BCUT2D eigenvalue weighted by molar-refractivity contribution is 0.102. The summed E-state index contributed by atoms with van der Waals surface area (Å²) >= 11 is 0. The summed E-state index contributed by atoms with van der Waals surface area (Å²) in [5, 5.41) is 9.29. The number of hydrogen-bond acceptors (Lipinski definition) is 3. The van der Waals surface area contributed by atoms with Crippen LogP contribution < -0.4 is 10.5 Å². The maximum atomic E-state index is 13.5. The van der Waals surface area contributed by atoms with Crippen LogP contribution in [0.5, 0.6) is 5.75 Å². The van der Waals surface area contributed by atoms with E-state index < -0.39 is 11.9 Å². The Balaban J connectivity index is 2.68. The lowest BCUT2D eigenvalue weighted by Crippen LogP contribution is -2.16. The van der Waals surface area contributed by atoms with Gasteiger partial charge in [-0.3, -0.25) is 0 Å². The summed E-state index contributed by atoms with van der Waals surface area (Å²) < 4.78 is 18.7. The largest absolute Gasteiger partial charge is 0.488 e. The molecule has 0 radical (unpaired) electrons. The van der Waals surface area contributed by atoms with Crippen molar-refractivity contribution < 1.29 is 14.2 Å². The van der Waals surface area contributed by atoms with E-state index in [-0.39, 0.29) is 18.4 Å². The monoisotopic (exact) mass is 227 g/mol. The van der Waals surface area contributed by atoms with Crippen LogP contribution in [0.25, 0.3) is 0 Å². The highest BCUT2D eigenvalue weighted by Gasteiger charge is 2.09. The molecule has 1 rings (SSSR count). The molecule has 0 aliphatic heterocycles. The van der Waals surface area contributed by atoms with Crippen molar-refractivity contribution in [3.63, 3.8) is 0 Å². The van der Waals surface area contributed by atoms with Gasteiger partial charge >= 0.3 is 0 Å². The van der Waals surface area contributed by atoms with E-state index in [9.17, 15) is 9.50 Å². The van der Waals surface area contributed by atoms with Gasteiger partial charge in [-0.05, 0) is 31.0 Å². The molecule has 0 heterocycles. The molecule has 0 aliphatic carbocycles. The van der Waals surface area contributed by atoms with Gasteiger partial charge in [0.25, 0.3) is 0 Å². The van der Waals surface area contributed by atoms with Crippen LogP contribution in [0.4, 0.5) is 4.39 Å². The van der Waals surface area contributed by atoms with E-state index in [2.05, 4.69) is 0 Å². The molecule has 4 heteroatoms. The SMILES string of the molecule is CCC(O)COc1ccc([C@@H](C)N)cc1F. The molecular formula is C12H18FNO2. The predicted octanol–water partition coefficient (Wildman–Crippen LogP) is 2.00. The second-order valence-corrected chi connectivity index (χ2v) is 3.85. The molecule has 0 bridgehead atoms. The minimum absolute atomic E-state index is 0.102. The molecule has 0 saturated carbocycles. The van der Waals surface area contributed by atoms with Crippen LogP contribution in [0.1, 0.15) is 31.9 Å². The first-order valence-electron chi connectivity index (χ1n) is 5.40. The van der Waals surface area contributed by atoms with Gasteiger partial charge in [-0.2, -0.15) is 0 Å². The Morgan fingerprint density at radius 3 is 2.69 bits per heavy atom. The Bertz CT molecular complexity index is 342. The zero-order chi connectivity index (χ0) is 12.1. The van der Waals surface area contributed by atoms with Gasteiger partial charge in [0.1, 0.15) is 6.61 Å². The maximum absolute atomic E-state index is 13.5. The van der Waals surface area contributed by atoms with Crippen molar-refractivity contribution in [1.29, 1.82) is 0 Å². The van der Waals surface area contributed by atoms with E-state index in [4.69, 9.17) is 10.5 Å². The first-order valence-corrected chi connectivity index (χ1v) is 5.40. The second kappa shape index (κ2) is 5.82. The molecule has 0 fully saturated rings. The van der Waals surface area contributed by atoms with Gasteiger partial charge in [0.05, 0.1) is 6.10 Å². The number of aliphatic hydroxyl groups excluding tert-OH is 1. The summed E-state index contributed by atoms with van der Waals surface area (Å²) in [6.07, 6.45) is 0.0204. The van der Waals surface area contributed by atoms with Crippen LogP contribution in [-0.4, -0.2) is 17.8 Å². The number of ether oxygens (including phenoxy) is 1. The van der Waals surface area contributed by atoms with Gasteiger partial charge in [-0.25, -0.2) is 4.39 Å². The van der Waals surface area contributed by atoms with Crippen molar-refractivity contribution in [2.45, 2.75) is 32.4 Å². The number of nitrogens with two attached hydrogens (primary N) is 1. The van der Waals surface area contributed by atoms with Crippen LogP contribution in [-0.2, 0) is 0 Å². The Hall–Kier alpha value is -1.13. The van der Waals surface area contributed by atoms with Crippen molar-refractivity contribution >= 4 is 0 Å². The van der Waals surface area contributed by atoms with Gasteiger partial charge in [0.15, 0.2) is 11.6 Å². The molecule has 3 nitrogen and oxygen atoms in total. The third kappa shape index (κ3) is 3.47. The standard InChI is InChI=1S/C12H18FNO2/c1-3-10(15)7-16-12-5-4-9(8(2)14)6-11(12)13/h4-6,8,10,15H,3,7,14H2,1-2H3/t8-,10?/m1/s1. The molecule has 1 aromatic carbocycles. The molecule has 0 spiro atoms. The summed E-state index contributed by atoms with van der Waals surface area (Å²) in [4.78, 5) is 0. The molecule has 90 valence electrons. The predicted molar refractivity (Wildman–Crippen MR) is 60.8 cm³/mol. The molecule has 0 saturated heterocycles. The third-order valence-corrected chi connectivity index (χ3v) is 2.38. The van der Waals surface area contributed by atoms with Crippen LogP contribution in [0, 0.1) is 5.82 Å². The van der Waals surface area contributed by atoms with Crippen LogP contribution in [0.15, 0.2) is 18.2 Å². The minimum Gasteiger partial charge on any atom is -0.488 e. The average molecular weight is 227 g/mol. The fourth-order valence-corrected chi connectivity index (χ4v) is 1.22. The fourth-order valence-electron chi connectivity index (χ4n) is 1.22. The van der Waals surface area contributed by atoms with Crippen molar-refractivity contribution in [2.24, 2.45) is 5.73 Å². The van der Waals surface area contributed by atoms with E-state index in [1.165, 1.54) is 12.1 Å². The molecule has 3 N–H and O–H groups in total. The third-order valence-electron chi connectivity index (χ3n) is 2.38. The average Bonchev–Trinajstić information content (AvgIpc) is 2.26. The van der Waals surface area contributed by atoms with Crippen LogP contribution >= 0.6 is 0 Å². The lowest BCUT2D eigenvalue weighted by atomic mass is 10.1. The number of rotatable bonds is 5. The summed E-state index contributed by atoms with van der Waals surface area (Å²) in [7, 11) is 0. The number of benzene rings is 1. The topological polar surface area (TPSA) is 55.5 Å². The molecule has 1 unspecified atom stereocenters.